The maximum atomic E-state index is 11.8. The number of carbonyl (C=O) groups excluding carboxylic acids is 1. The average Bonchev–Trinajstić information content (AvgIpc) is 2.82. The molecule has 4 nitrogen and oxygen atoms in total. The number of aromatic nitrogens is 2. The topological polar surface area (TPSA) is 44.1 Å². The van der Waals surface area contributed by atoms with Crippen LogP contribution >= 0.6 is 0 Å². The van der Waals surface area contributed by atoms with E-state index in [4.69, 9.17) is 4.84 Å². The molecule has 1 aromatic heterocycles. The summed E-state index contributed by atoms with van der Waals surface area (Å²) in [5.74, 6) is 0.292. The van der Waals surface area contributed by atoms with Gasteiger partial charge in [-0.2, -0.15) is 4.73 Å². The Balaban J connectivity index is 2.32. The molecule has 1 rings (SSSR count). The van der Waals surface area contributed by atoms with Gasteiger partial charge in [-0.3, -0.25) is 0 Å². The van der Waals surface area contributed by atoms with Crippen molar-refractivity contribution in [3.8, 4) is 0 Å². The Morgan fingerprint density at radius 3 is 2.72 bits per heavy atom. The van der Waals surface area contributed by atoms with Crippen molar-refractivity contribution in [3.63, 3.8) is 0 Å². The van der Waals surface area contributed by atoms with Crippen LogP contribution in [0.15, 0.2) is 18.7 Å². The van der Waals surface area contributed by atoms with Gasteiger partial charge in [-0.15, -0.1) is 0 Å². The summed E-state index contributed by atoms with van der Waals surface area (Å²) in [5, 5.41) is 0. The van der Waals surface area contributed by atoms with E-state index in [-0.39, 0.29) is 5.97 Å². The van der Waals surface area contributed by atoms with Crippen molar-refractivity contribution >= 4 is 5.97 Å². The minimum atomic E-state index is -0.164. The van der Waals surface area contributed by atoms with Crippen molar-refractivity contribution in [2.24, 2.45) is 5.92 Å². The summed E-state index contributed by atoms with van der Waals surface area (Å²) in [6.07, 6.45) is 12.2. The maximum Gasteiger partial charge on any atom is 0.333 e. The van der Waals surface area contributed by atoms with Gasteiger partial charge in [0.25, 0.3) is 0 Å². The smallest absolute Gasteiger partial charge is 0.333 e. The zero-order valence-corrected chi connectivity index (χ0v) is 11.5. The van der Waals surface area contributed by atoms with Crippen LogP contribution in [0.4, 0.5) is 0 Å². The van der Waals surface area contributed by atoms with Crippen LogP contribution in [0.5, 0.6) is 0 Å². The summed E-state index contributed by atoms with van der Waals surface area (Å²) in [4.78, 5) is 20.7. The predicted octanol–water partition coefficient (Wildman–Crippen LogP) is 3.23. The lowest BCUT2D eigenvalue weighted by atomic mass is 9.93. The van der Waals surface area contributed by atoms with E-state index in [9.17, 15) is 4.79 Å². The minimum absolute atomic E-state index is 0.164. The number of hydrogen-bond acceptors (Lipinski definition) is 3. The van der Waals surface area contributed by atoms with Gasteiger partial charge in [0.1, 0.15) is 6.33 Å². The predicted molar refractivity (Wildman–Crippen MR) is 71.0 cm³/mol. The first kappa shape index (κ1) is 14.7. The van der Waals surface area contributed by atoms with E-state index in [1.807, 2.05) is 0 Å². The highest BCUT2D eigenvalue weighted by Crippen LogP contribution is 2.19. The lowest BCUT2D eigenvalue weighted by molar-refractivity contribution is -0.145. The molecule has 0 aliphatic heterocycles. The summed E-state index contributed by atoms with van der Waals surface area (Å²) in [5.41, 5.74) is 0. The van der Waals surface area contributed by atoms with Crippen LogP contribution in [0.1, 0.15) is 58.8 Å². The molecule has 102 valence electrons. The van der Waals surface area contributed by atoms with Crippen LogP contribution in [-0.2, 0) is 4.79 Å². The molecule has 18 heavy (non-hydrogen) atoms. The van der Waals surface area contributed by atoms with E-state index in [0.717, 1.165) is 19.3 Å². The van der Waals surface area contributed by atoms with E-state index in [1.54, 1.807) is 12.4 Å². The lowest BCUT2D eigenvalue weighted by Gasteiger charge is -2.14. The zero-order chi connectivity index (χ0) is 13.2. The van der Waals surface area contributed by atoms with Gasteiger partial charge < -0.3 is 4.84 Å². The fourth-order valence-corrected chi connectivity index (χ4v) is 2.13. The van der Waals surface area contributed by atoms with Gasteiger partial charge in [0.2, 0.25) is 0 Å². The summed E-state index contributed by atoms with van der Waals surface area (Å²) in [7, 11) is 0. The van der Waals surface area contributed by atoms with Crippen molar-refractivity contribution in [2.75, 3.05) is 0 Å². The van der Waals surface area contributed by atoms with Gasteiger partial charge in [-0.05, 0) is 12.3 Å². The Morgan fingerprint density at radius 2 is 2.11 bits per heavy atom. The van der Waals surface area contributed by atoms with Crippen LogP contribution in [0.3, 0.4) is 0 Å². The third-order valence-corrected chi connectivity index (χ3v) is 3.06. The molecular formula is C14H24N2O2. The quantitative estimate of drug-likeness (QED) is 0.634. The molecule has 0 bridgehead atoms. The van der Waals surface area contributed by atoms with Crippen molar-refractivity contribution in [1.82, 2.24) is 9.71 Å². The standard InChI is InChI=1S/C14H24N2O2/c1-3-5-6-8-13(7-4-2)11-14(17)18-16-10-9-15-12-16/h9-10,12-13H,3-8,11H2,1-2H3. The van der Waals surface area contributed by atoms with Crippen molar-refractivity contribution < 1.29 is 9.63 Å². The first-order chi connectivity index (χ1) is 8.76. The third-order valence-electron chi connectivity index (χ3n) is 3.06. The molecule has 4 heteroatoms. The number of rotatable bonds is 9. The number of unbranched alkanes of at least 4 members (excludes halogenated alkanes) is 2. The highest BCUT2D eigenvalue weighted by Gasteiger charge is 2.14. The Kier molecular flexibility index (Phi) is 7.14. The molecule has 0 aliphatic carbocycles. The van der Waals surface area contributed by atoms with Gasteiger partial charge in [-0.25, -0.2) is 9.78 Å². The summed E-state index contributed by atoms with van der Waals surface area (Å²) < 4.78 is 1.36. The molecule has 0 N–H and O–H groups in total. The monoisotopic (exact) mass is 252 g/mol. The van der Waals surface area contributed by atoms with Crippen LogP contribution in [0.2, 0.25) is 0 Å². The molecule has 0 fully saturated rings. The molecule has 0 amide bonds. The van der Waals surface area contributed by atoms with Gasteiger partial charge in [-0.1, -0.05) is 46.0 Å². The Morgan fingerprint density at radius 1 is 1.28 bits per heavy atom. The van der Waals surface area contributed by atoms with E-state index < -0.39 is 0 Å². The van der Waals surface area contributed by atoms with Gasteiger partial charge >= 0.3 is 5.97 Å². The maximum absolute atomic E-state index is 11.8. The van der Waals surface area contributed by atoms with E-state index in [1.165, 1.54) is 30.3 Å². The van der Waals surface area contributed by atoms with Crippen LogP contribution in [0.25, 0.3) is 0 Å². The second kappa shape index (κ2) is 8.72. The highest BCUT2D eigenvalue weighted by molar-refractivity contribution is 5.69. The lowest BCUT2D eigenvalue weighted by Crippen LogP contribution is -2.21. The molecule has 0 spiro atoms. The highest BCUT2D eigenvalue weighted by atomic mass is 16.7. The van der Waals surface area contributed by atoms with E-state index >= 15 is 0 Å². The Bertz CT molecular complexity index is 323. The molecule has 0 aromatic carbocycles. The first-order valence-corrected chi connectivity index (χ1v) is 6.95. The zero-order valence-electron chi connectivity index (χ0n) is 11.5. The van der Waals surface area contributed by atoms with Crippen molar-refractivity contribution in [2.45, 2.75) is 58.8 Å². The molecule has 0 radical (unpaired) electrons. The molecule has 0 saturated heterocycles. The molecular weight excluding hydrogens is 228 g/mol. The number of carbonyl (C=O) groups is 1. The second-order valence-corrected chi connectivity index (χ2v) is 4.74. The first-order valence-electron chi connectivity index (χ1n) is 6.95. The average molecular weight is 252 g/mol. The van der Waals surface area contributed by atoms with Crippen LogP contribution in [-0.4, -0.2) is 15.7 Å². The summed E-state index contributed by atoms with van der Waals surface area (Å²) in [6, 6.07) is 0. The van der Waals surface area contributed by atoms with E-state index in [0.29, 0.717) is 12.3 Å². The van der Waals surface area contributed by atoms with E-state index in [2.05, 4.69) is 18.8 Å². The number of imidazole rings is 1. The fraction of sp³-hybridized carbons (Fsp3) is 0.714. The second-order valence-electron chi connectivity index (χ2n) is 4.74. The normalized spacial score (nSPS) is 12.3. The van der Waals surface area contributed by atoms with Crippen molar-refractivity contribution in [3.05, 3.63) is 18.7 Å². The van der Waals surface area contributed by atoms with Gasteiger partial charge in [0.05, 0.1) is 12.6 Å². The number of nitrogens with zero attached hydrogens (tertiary/aromatic N) is 2. The van der Waals surface area contributed by atoms with Gasteiger partial charge in [0, 0.05) is 6.20 Å². The fourth-order valence-electron chi connectivity index (χ4n) is 2.13. The minimum Gasteiger partial charge on any atom is -0.336 e. The third kappa shape index (κ3) is 5.84. The summed E-state index contributed by atoms with van der Waals surface area (Å²) >= 11 is 0. The molecule has 0 aliphatic rings. The SMILES string of the molecule is CCCCCC(CCC)CC(=O)On1ccnc1. The van der Waals surface area contributed by atoms with Crippen molar-refractivity contribution in [1.29, 1.82) is 0 Å². The van der Waals surface area contributed by atoms with Crippen LogP contribution < -0.4 is 4.84 Å². The van der Waals surface area contributed by atoms with Gasteiger partial charge in [0.15, 0.2) is 0 Å². The molecule has 0 saturated carbocycles. The molecule has 1 unspecified atom stereocenters. The summed E-state index contributed by atoms with van der Waals surface area (Å²) in [6.45, 7) is 4.36. The molecule has 1 atom stereocenters. The molecule has 1 aromatic rings. The number of hydrogen-bond donors (Lipinski definition) is 0. The van der Waals surface area contributed by atoms with Crippen LogP contribution in [0, 0.1) is 5.92 Å². The Hall–Kier alpha value is -1.32. The Labute approximate surface area is 109 Å². The largest absolute Gasteiger partial charge is 0.336 e. The molecule has 1 heterocycles.